The summed E-state index contributed by atoms with van der Waals surface area (Å²) in [5, 5.41) is 7.01. The Morgan fingerprint density at radius 1 is 1.32 bits per heavy atom. The first-order chi connectivity index (χ1) is 12.1. The van der Waals surface area contributed by atoms with Gasteiger partial charge in [-0.25, -0.2) is 14.3 Å². The Labute approximate surface area is 142 Å². The van der Waals surface area contributed by atoms with E-state index in [0.29, 0.717) is 22.5 Å². The van der Waals surface area contributed by atoms with E-state index in [9.17, 15) is 9.59 Å². The smallest absolute Gasteiger partial charge is 0.437 e. The Kier molecular flexibility index (Phi) is 3.38. The standard InChI is InChI=1S/C17H14N4O4/c1-9-12(25-17(23)24-2)7-21-15(9)14(18-8-19-21)13-10-5-3-4-6-11(10)20-16(13)22/h3-8,13H,1-2H3,(H,20,22). The van der Waals surface area contributed by atoms with Gasteiger partial charge in [0.05, 0.1) is 24.5 Å². The lowest BCUT2D eigenvalue weighted by atomic mass is 9.95. The van der Waals surface area contributed by atoms with Gasteiger partial charge in [-0.05, 0) is 18.6 Å². The summed E-state index contributed by atoms with van der Waals surface area (Å²) in [6.45, 7) is 1.78. The van der Waals surface area contributed by atoms with Crippen molar-refractivity contribution >= 4 is 23.3 Å². The van der Waals surface area contributed by atoms with Crippen molar-refractivity contribution in [2.75, 3.05) is 12.4 Å². The van der Waals surface area contributed by atoms with Crippen LogP contribution in [0.3, 0.4) is 0 Å². The number of amides is 1. The van der Waals surface area contributed by atoms with E-state index in [2.05, 4.69) is 20.1 Å². The maximum Gasteiger partial charge on any atom is 0.513 e. The molecule has 4 rings (SSSR count). The molecule has 8 heteroatoms. The number of para-hydroxylation sites is 1. The van der Waals surface area contributed by atoms with Gasteiger partial charge in [0.1, 0.15) is 12.2 Å². The number of aromatic nitrogens is 3. The van der Waals surface area contributed by atoms with Crippen molar-refractivity contribution in [2.45, 2.75) is 12.8 Å². The fourth-order valence-corrected chi connectivity index (χ4v) is 3.09. The fourth-order valence-electron chi connectivity index (χ4n) is 3.09. The molecule has 0 bridgehead atoms. The molecule has 2 aromatic heterocycles. The molecule has 25 heavy (non-hydrogen) atoms. The van der Waals surface area contributed by atoms with Crippen LogP contribution in [0.5, 0.6) is 5.75 Å². The van der Waals surface area contributed by atoms with Crippen molar-refractivity contribution in [2.24, 2.45) is 0 Å². The first-order valence-electron chi connectivity index (χ1n) is 7.58. The Bertz CT molecular complexity index is 1010. The van der Waals surface area contributed by atoms with E-state index < -0.39 is 12.1 Å². The Morgan fingerprint density at radius 3 is 2.92 bits per heavy atom. The monoisotopic (exact) mass is 338 g/mol. The molecule has 1 aromatic carbocycles. The molecule has 1 amide bonds. The number of rotatable bonds is 2. The highest BCUT2D eigenvalue weighted by atomic mass is 16.7. The van der Waals surface area contributed by atoms with Crippen LogP contribution in [0.15, 0.2) is 36.8 Å². The highest BCUT2D eigenvalue weighted by Gasteiger charge is 2.35. The van der Waals surface area contributed by atoms with Gasteiger partial charge in [-0.1, -0.05) is 18.2 Å². The Morgan fingerprint density at radius 2 is 2.12 bits per heavy atom. The summed E-state index contributed by atoms with van der Waals surface area (Å²) in [6, 6.07) is 7.48. The molecule has 0 fully saturated rings. The van der Waals surface area contributed by atoms with Gasteiger partial charge in [0, 0.05) is 11.3 Å². The Hall–Kier alpha value is -3.42. The van der Waals surface area contributed by atoms with Crippen LogP contribution in [0.2, 0.25) is 0 Å². The molecule has 1 N–H and O–H groups in total. The zero-order valence-corrected chi connectivity index (χ0v) is 13.5. The highest BCUT2D eigenvalue weighted by Crippen LogP contribution is 2.39. The van der Waals surface area contributed by atoms with Crippen molar-refractivity contribution in [3.8, 4) is 5.75 Å². The van der Waals surface area contributed by atoms with Crippen LogP contribution in [0, 0.1) is 6.92 Å². The first-order valence-corrected chi connectivity index (χ1v) is 7.58. The van der Waals surface area contributed by atoms with Crippen LogP contribution in [-0.4, -0.2) is 33.8 Å². The second kappa shape index (κ2) is 5.59. The summed E-state index contributed by atoms with van der Waals surface area (Å²) < 4.78 is 11.2. The van der Waals surface area contributed by atoms with Gasteiger partial charge in [0.2, 0.25) is 5.91 Å². The summed E-state index contributed by atoms with van der Waals surface area (Å²) >= 11 is 0. The number of carbonyl (C=O) groups is 2. The average molecular weight is 338 g/mol. The lowest BCUT2D eigenvalue weighted by Crippen LogP contribution is -2.16. The number of hydrogen-bond donors (Lipinski definition) is 1. The van der Waals surface area contributed by atoms with Gasteiger partial charge in [-0.3, -0.25) is 4.79 Å². The number of nitrogens with zero attached hydrogens (tertiary/aromatic N) is 3. The summed E-state index contributed by atoms with van der Waals surface area (Å²) in [5.74, 6) is -0.403. The molecule has 126 valence electrons. The first kappa shape index (κ1) is 15.1. The van der Waals surface area contributed by atoms with Gasteiger partial charge < -0.3 is 14.8 Å². The van der Waals surface area contributed by atoms with E-state index in [4.69, 9.17) is 4.74 Å². The van der Waals surface area contributed by atoms with Crippen LogP contribution < -0.4 is 10.1 Å². The molecule has 3 aromatic rings. The van der Waals surface area contributed by atoms with Crippen molar-refractivity contribution in [1.82, 2.24) is 14.6 Å². The number of nitrogens with one attached hydrogen (secondary N) is 1. The van der Waals surface area contributed by atoms with E-state index >= 15 is 0 Å². The number of methoxy groups -OCH3 is 1. The van der Waals surface area contributed by atoms with E-state index in [1.54, 1.807) is 17.6 Å². The van der Waals surface area contributed by atoms with Crippen LogP contribution >= 0.6 is 0 Å². The summed E-state index contributed by atoms with van der Waals surface area (Å²) in [7, 11) is 1.23. The second-order valence-electron chi connectivity index (χ2n) is 5.62. The summed E-state index contributed by atoms with van der Waals surface area (Å²) in [5.41, 5.74) is 3.44. The van der Waals surface area contributed by atoms with E-state index in [1.165, 1.54) is 13.4 Å². The molecule has 1 aliphatic heterocycles. The largest absolute Gasteiger partial charge is 0.513 e. The highest BCUT2D eigenvalue weighted by molar-refractivity contribution is 6.05. The second-order valence-corrected chi connectivity index (χ2v) is 5.62. The molecule has 0 saturated heterocycles. The molecular formula is C17H14N4O4. The predicted octanol–water partition coefficient (Wildman–Crippen LogP) is 2.27. The summed E-state index contributed by atoms with van der Waals surface area (Å²) in [6.07, 6.45) is 2.11. The number of aryl methyl sites for hydroxylation is 1. The number of fused-ring (bicyclic) bond motifs is 2. The third kappa shape index (κ3) is 2.30. The maximum atomic E-state index is 12.5. The molecule has 8 nitrogen and oxygen atoms in total. The third-order valence-corrected chi connectivity index (χ3v) is 4.23. The molecular weight excluding hydrogens is 324 g/mol. The number of anilines is 1. The van der Waals surface area contributed by atoms with Crippen LogP contribution in [-0.2, 0) is 9.53 Å². The number of hydrogen-bond acceptors (Lipinski definition) is 6. The normalized spacial score (nSPS) is 15.8. The zero-order chi connectivity index (χ0) is 17.6. The van der Waals surface area contributed by atoms with E-state index in [0.717, 1.165) is 11.3 Å². The maximum absolute atomic E-state index is 12.5. The van der Waals surface area contributed by atoms with Gasteiger partial charge in [-0.2, -0.15) is 5.10 Å². The predicted molar refractivity (Wildman–Crippen MR) is 87.7 cm³/mol. The molecule has 1 atom stereocenters. The number of ether oxygens (including phenoxy) is 2. The van der Waals surface area contributed by atoms with Crippen molar-refractivity contribution < 1.29 is 19.1 Å². The lowest BCUT2D eigenvalue weighted by Gasteiger charge is -2.10. The van der Waals surface area contributed by atoms with Crippen LogP contribution in [0.25, 0.3) is 5.52 Å². The molecule has 0 aliphatic carbocycles. The lowest BCUT2D eigenvalue weighted by molar-refractivity contribution is -0.116. The zero-order valence-electron chi connectivity index (χ0n) is 13.5. The van der Waals surface area contributed by atoms with Crippen molar-refractivity contribution in [3.05, 3.63) is 53.6 Å². The van der Waals surface area contributed by atoms with Gasteiger partial charge >= 0.3 is 6.16 Å². The summed E-state index contributed by atoms with van der Waals surface area (Å²) in [4.78, 5) is 28.3. The van der Waals surface area contributed by atoms with Crippen molar-refractivity contribution in [1.29, 1.82) is 0 Å². The minimum atomic E-state index is -0.822. The molecule has 1 aliphatic rings. The SMILES string of the molecule is COC(=O)Oc1cn2ncnc(C3C(=O)Nc4ccccc43)c2c1C. The molecule has 0 radical (unpaired) electrons. The minimum absolute atomic E-state index is 0.155. The molecule has 0 spiro atoms. The number of carbonyl (C=O) groups excluding carboxylic acids is 2. The third-order valence-electron chi connectivity index (χ3n) is 4.23. The molecule has 1 unspecified atom stereocenters. The molecule has 3 heterocycles. The van der Waals surface area contributed by atoms with Crippen LogP contribution in [0.1, 0.15) is 22.7 Å². The average Bonchev–Trinajstić information content (AvgIpc) is 3.11. The quantitative estimate of drug-likeness (QED) is 0.720. The topological polar surface area (TPSA) is 94.8 Å². The number of benzene rings is 1. The van der Waals surface area contributed by atoms with E-state index in [-0.39, 0.29) is 5.91 Å². The fraction of sp³-hybridized carbons (Fsp3) is 0.176. The van der Waals surface area contributed by atoms with E-state index in [1.807, 2.05) is 24.3 Å². The van der Waals surface area contributed by atoms with Crippen molar-refractivity contribution in [3.63, 3.8) is 0 Å². The van der Waals surface area contributed by atoms with Gasteiger partial charge in [0.25, 0.3) is 0 Å². The minimum Gasteiger partial charge on any atom is -0.437 e. The van der Waals surface area contributed by atoms with Gasteiger partial charge in [0.15, 0.2) is 5.75 Å². The van der Waals surface area contributed by atoms with Crippen LogP contribution in [0.4, 0.5) is 10.5 Å². The Balaban J connectivity index is 1.89. The van der Waals surface area contributed by atoms with Gasteiger partial charge in [-0.15, -0.1) is 0 Å². The molecule has 0 saturated carbocycles.